The fourth-order valence-corrected chi connectivity index (χ4v) is 4.07. The maximum atomic E-state index is 12.8. The highest BCUT2D eigenvalue weighted by Crippen LogP contribution is 2.29. The summed E-state index contributed by atoms with van der Waals surface area (Å²) in [6, 6.07) is 11.4. The molecule has 0 aliphatic rings. The number of nitrogens with one attached hydrogen (secondary N) is 1. The van der Waals surface area contributed by atoms with Crippen molar-refractivity contribution in [3.8, 4) is 11.5 Å². The van der Waals surface area contributed by atoms with Crippen LogP contribution in [-0.2, 0) is 10.0 Å². The standard InChI is InChI=1S/C17H20ClNO4S/c1-4-15(12-5-8-14(22-2)9-6-12)19-24(20,21)17-11-13(18)7-10-16(17)23-3/h5-11,15,19H,4H2,1-3H3/t15-/m1/s1. The van der Waals surface area contributed by atoms with Crippen molar-refractivity contribution >= 4 is 21.6 Å². The van der Waals surface area contributed by atoms with Gasteiger partial charge >= 0.3 is 0 Å². The molecule has 0 spiro atoms. The van der Waals surface area contributed by atoms with E-state index >= 15 is 0 Å². The normalized spacial score (nSPS) is 12.7. The van der Waals surface area contributed by atoms with E-state index in [1.54, 1.807) is 25.3 Å². The number of sulfonamides is 1. The molecule has 0 saturated carbocycles. The van der Waals surface area contributed by atoms with Crippen molar-refractivity contribution in [3.63, 3.8) is 0 Å². The number of benzene rings is 2. The average molecular weight is 370 g/mol. The maximum Gasteiger partial charge on any atom is 0.244 e. The molecular formula is C17H20ClNO4S. The number of hydrogen-bond donors (Lipinski definition) is 1. The highest BCUT2D eigenvalue weighted by atomic mass is 35.5. The zero-order chi connectivity index (χ0) is 17.7. The van der Waals surface area contributed by atoms with E-state index in [0.29, 0.717) is 17.2 Å². The van der Waals surface area contributed by atoms with Crippen LogP contribution in [0.1, 0.15) is 24.9 Å². The predicted molar refractivity (Wildman–Crippen MR) is 94.4 cm³/mol. The third kappa shape index (κ3) is 4.20. The molecule has 0 heterocycles. The molecule has 2 aromatic carbocycles. The molecule has 2 rings (SSSR count). The molecule has 0 radical (unpaired) electrons. The molecule has 0 fully saturated rings. The SMILES string of the molecule is CC[C@@H](NS(=O)(=O)c1cc(Cl)ccc1OC)c1ccc(OC)cc1. The van der Waals surface area contributed by atoms with E-state index < -0.39 is 10.0 Å². The smallest absolute Gasteiger partial charge is 0.244 e. The topological polar surface area (TPSA) is 64.6 Å². The van der Waals surface area contributed by atoms with Crippen molar-refractivity contribution < 1.29 is 17.9 Å². The maximum absolute atomic E-state index is 12.8. The van der Waals surface area contributed by atoms with E-state index in [9.17, 15) is 8.42 Å². The Balaban J connectivity index is 2.33. The lowest BCUT2D eigenvalue weighted by Gasteiger charge is -2.19. The second kappa shape index (κ2) is 7.88. The molecule has 0 aliphatic carbocycles. The lowest BCUT2D eigenvalue weighted by atomic mass is 10.1. The Labute approximate surface area is 147 Å². The summed E-state index contributed by atoms with van der Waals surface area (Å²) in [6.07, 6.45) is 0.592. The van der Waals surface area contributed by atoms with Gasteiger partial charge in [-0.05, 0) is 42.3 Å². The first kappa shape index (κ1) is 18.6. The van der Waals surface area contributed by atoms with E-state index in [1.165, 1.54) is 19.2 Å². The Morgan fingerprint density at radius 2 is 1.75 bits per heavy atom. The van der Waals surface area contributed by atoms with Crippen LogP contribution in [0.5, 0.6) is 11.5 Å². The molecular weight excluding hydrogens is 350 g/mol. The van der Waals surface area contributed by atoms with Crippen LogP contribution in [0.4, 0.5) is 0 Å². The Hall–Kier alpha value is -1.76. The first-order valence-corrected chi connectivity index (χ1v) is 9.27. The average Bonchev–Trinajstić information content (AvgIpc) is 2.59. The van der Waals surface area contributed by atoms with E-state index in [1.807, 2.05) is 19.1 Å². The molecule has 0 aliphatic heterocycles. The summed E-state index contributed by atoms with van der Waals surface area (Å²) in [6.45, 7) is 1.91. The van der Waals surface area contributed by atoms with Gasteiger partial charge in [0.15, 0.2) is 0 Å². The van der Waals surface area contributed by atoms with Gasteiger partial charge in [0.25, 0.3) is 0 Å². The summed E-state index contributed by atoms with van der Waals surface area (Å²) in [7, 11) is -0.788. The van der Waals surface area contributed by atoms with Crippen LogP contribution in [0.3, 0.4) is 0 Å². The Morgan fingerprint density at radius 3 is 2.29 bits per heavy atom. The van der Waals surface area contributed by atoms with Crippen molar-refractivity contribution in [1.29, 1.82) is 0 Å². The van der Waals surface area contributed by atoms with E-state index in [0.717, 1.165) is 5.56 Å². The third-order valence-corrected chi connectivity index (χ3v) is 5.37. The summed E-state index contributed by atoms with van der Waals surface area (Å²) < 4.78 is 38.5. The van der Waals surface area contributed by atoms with Crippen LogP contribution in [0.25, 0.3) is 0 Å². The highest BCUT2D eigenvalue weighted by molar-refractivity contribution is 7.89. The van der Waals surface area contributed by atoms with Gasteiger partial charge in [-0.15, -0.1) is 0 Å². The summed E-state index contributed by atoms with van der Waals surface area (Å²) in [4.78, 5) is 0.0180. The molecule has 5 nitrogen and oxygen atoms in total. The largest absolute Gasteiger partial charge is 0.497 e. The zero-order valence-electron chi connectivity index (χ0n) is 13.7. The van der Waals surface area contributed by atoms with Crippen LogP contribution >= 0.6 is 11.6 Å². The number of rotatable bonds is 7. The first-order valence-electron chi connectivity index (χ1n) is 7.41. The van der Waals surface area contributed by atoms with Crippen LogP contribution in [-0.4, -0.2) is 22.6 Å². The van der Waals surface area contributed by atoms with Crippen molar-refractivity contribution in [3.05, 3.63) is 53.1 Å². The molecule has 0 bridgehead atoms. The number of methoxy groups -OCH3 is 2. The third-order valence-electron chi connectivity index (χ3n) is 3.64. The molecule has 1 atom stereocenters. The van der Waals surface area contributed by atoms with Gasteiger partial charge < -0.3 is 9.47 Å². The zero-order valence-corrected chi connectivity index (χ0v) is 15.3. The van der Waals surface area contributed by atoms with Crippen LogP contribution in [0.2, 0.25) is 5.02 Å². The number of hydrogen-bond acceptors (Lipinski definition) is 4. The summed E-state index contributed by atoms with van der Waals surface area (Å²) in [5.74, 6) is 0.962. The van der Waals surface area contributed by atoms with Crippen LogP contribution in [0, 0.1) is 0 Å². The van der Waals surface area contributed by atoms with Crippen LogP contribution < -0.4 is 14.2 Å². The first-order chi connectivity index (χ1) is 11.4. The Morgan fingerprint density at radius 1 is 1.08 bits per heavy atom. The van der Waals surface area contributed by atoms with Gasteiger partial charge in [-0.25, -0.2) is 13.1 Å². The second-order valence-corrected chi connectivity index (χ2v) is 7.27. The fraction of sp³-hybridized carbons (Fsp3) is 0.294. The van der Waals surface area contributed by atoms with Gasteiger partial charge in [-0.1, -0.05) is 30.7 Å². The fourth-order valence-electron chi connectivity index (χ4n) is 2.33. The van der Waals surface area contributed by atoms with Gasteiger partial charge in [-0.2, -0.15) is 0 Å². The van der Waals surface area contributed by atoms with Gasteiger partial charge in [0.2, 0.25) is 10.0 Å². The lowest BCUT2D eigenvalue weighted by molar-refractivity contribution is 0.402. The molecule has 1 N–H and O–H groups in total. The Kier molecular flexibility index (Phi) is 6.10. The van der Waals surface area contributed by atoms with E-state index in [-0.39, 0.29) is 16.7 Å². The number of halogens is 1. The minimum absolute atomic E-state index is 0.0180. The van der Waals surface area contributed by atoms with Crippen molar-refractivity contribution in [1.82, 2.24) is 4.72 Å². The monoisotopic (exact) mass is 369 g/mol. The minimum Gasteiger partial charge on any atom is -0.497 e. The van der Waals surface area contributed by atoms with Gasteiger partial charge in [0.1, 0.15) is 16.4 Å². The molecule has 130 valence electrons. The lowest BCUT2D eigenvalue weighted by Crippen LogP contribution is -2.28. The highest BCUT2D eigenvalue weighted by Gasteiger charge is 2.24. The van der Waals surface area contributed by atoms with Gasteiger partial charge in [0.05, 0.1) is 14.2 Å². The molecule has 7 heteroatoms. The van der Waals surface area contributed by atoms with Gasteiger partial charge in [-0.3, -0.25) is 0 Å². The molecule has 0 aromatic heterocycles. The Bertz CT molecular complexity index is 791. The minimum atomic E-state index is -3.79. The van der Waals surface area contributed by atoms with Crippen molar-refractivity contribution in [2.24, 2.45) is 0 Å². The number of ether oxygens (including phenoxy) is 2. The van der Waals surface area contributed by atoms with E-state index in [4.69, 9.17) is 21.1 Å². The molecule has 0 saturated heterocycles. The van der Waals surface area contributed by atoms with Crippen molar-refractivity contribution in [2.45, 2.75) is 24.3 Å². The molecule has 0 unspecified atom stereocenters. The molecule has 24 heavy (non-hydrogen) atoms. The van der Waals surface area contributed by atoms with E-state index in [2.05, 4.69) is 4.72 Å². The summed E-state index contributed by atoms with van der Waals surface area (Å²) in [5, 5.41) is 0.327. The summed E-state index contributed by atoms with van der Waals surface area (Å²) >= 11 is 5.94. The van der Waals surface area contributed by atoms with Gasteiger partial charge in [0, 0.05) is 11.1 Å². The quantitative estimate of drug-likeness (QED) is 0.806. The van der Waals surface area contributed by atoms with Crippen molar-refractivity contribution in [2.75, 3.05) is 14.2 Å². The molecule has 2 aromatic rings. The second-order valence-electron chi connectivity index (χ2n) is 5.15. The van der Waals surface area contributed by atoms with Crippen LogP contribution in [0.15, 0.2) is 47.4 Å². The summed E-state index contributed by atoms with van der Waals surface area (Å²) in [5.41, 5.74) is 0.850. The predicted octanol–water partition coefficient (Wildman–Crippen LogP) is 3.79. The molecule has 0 amide bonds.